The van der Waals surface area contributed by atoms with Crippen LogP contribution in [0.3, 0.4) is 0 Å². The Morgan fingerprint density at radius 2 is 2.00 bits per heavy atom. The number of nitrogens with one attached hydrogen (secondary N) is 1. The zero-order valence-corrected chi connectivity index (χ0v) is 18.3. The van der Waals surface area contributed by atoms with E-state index < -0.39 is 0 Å². The first kappa shape index (κ1) is 21.1. The van der Waals surface area contributed by atoms with Crippen LogP contribution in [0, 0.1) is 11.3 Å². The smallest absolute Gasteiger partial charge is 0.210 e. The van der Waals surface area contributed by atoms with Gasteiger partial charge in [0.1, 0.15) is 17.7 Å². The Hall–Kier alpha value is -2.76. The Labute approximate surface area is 191 Å². The first-order chi connectivity index (χ1) is 15.7. The van der Waals surface area contributed by atoms with E-state index in [0.29, 0.717) is 29.5 Å². The molecule has 1 aromatic heterocycles. The summed E-state index contributed by atoms with van der Waals surface area (Å²) in [6.45, 7) is 3.59. The van der Waals surface area contributed by atoms with Gasteiger partial charge in [0.15, 0.2) is 0 Å². The average molecular weight is 454 g/mol. The summed E-state index contributed by atoms with van der Waals surface area (Å²) in [5, 5.41) is 20.4. The van der Waals surface area contributed by atoms with Crippen LogP contribution in [0.1, 0.15) is 12.0 Å². The van der Waals surface area contributed by atoms with Gasteiger partial charge in [-0.3, -0.25) is 0 Å². The standard InChI is InChI=1S/C24H24ClN3O4/c25-22-11-23-20(21(12-26)24(27-23)32-18-9-17(13-29)31-14-18)10-19(22)15-1-3-16(4-2-15)28-5-7-30-8-6-28/h1-4,10-11,17-18,27,29H,5-9,13-14H2/t17?,18-/m0/s1. The maximum atomic E-state index is 9.82. The maximum absolute atomic E-state index is 9.82. The summed E-state index contributed by atoms with van der Waals surface area (Å²) in [6, 6.07) is 14.3. The van der Waals surface area contributed by atoms with Gasteiger partial charge in [-0.05, 0) is 29.8 Å². The van der Waals surface area contributed by atoms with E-state index in [1.165, 1.54) is 0 Å². The van der Waals surface area contributed by atoms with Crippen LogP contribution in [-0.2, 0) is 9.47 Å². The second-order valence-electron chi connectivity index (χ2n) is 8.08. The highest BCUT2D eigenvalue weighted by atomic mass is 35.5. The number of aromatic amines is 1. The van der Waals surface area contributed by atoms with E-state index in [1.54, 1.807) is 0 Å². The van der Waals surface area contributed by atoms with Crippen LogP contribution in [0.2, 0.25) is 5.02 Å². The summed E-state index contributed by atoms with van der Waals surface area (Å²) in [6.07, 6.45) is 0.143. The van der Waals surface area contributed by atoms with Crippen molar-refractivity contribution in [3.8, 4) is 23.1 Å². The van der Waals surface area contributed by atoms with Crippen LogP contribution in [-0.4, -0.2) is 61.8 Å². The molecule has 7 nitrogen and oxygen atoms in total. The van der Waals surface area contributed by atoms with Crippen LogP contribution in [0.5, 0.6) is 5.88 Å². The lowest BCUT2D eigenvalue weighted by Gasteiger charge is -2.29. The van der Waals surface area contributed by atoms with Crippen LogP contribution in [0.4, 0.5) is 5.69 Å². The van der Waals surface area contributed by atoms with Gasteiger partial charge >= 0.3 is 0 Å². The number of aromatic nitrogens is 1. The monoisotopic (exact) mass is 453 g/mol. The summed E-state index contributed by atoms with van der Waals surface area (Å²) in [5.74, 6) is 0.408. The molecule has 0 radical (unpaired) electrons. The molecular formula is C24H24ClN3O4. The van der Waals surface area contributed by atoms with Crippen molar-refractivity contribution in [3.63, 3.8) is 0 Å². The highest BCUT2D eigenvalue weighted by Crippen LogP contribution is 2.37. The van der Waals surface area contributed by atoms with Crippen molar-refractivity contribution in [3.05, 3.63) is 47.0 Å². The number of halogens is 1. The van der Waals surface area contributed by atoms with Crippen molar-refractivity contribution in [1.29, 1.82) is 5.26 Å². The summed E-state index contributed by atoms with van der Waals surface area (Å²) < 4.78 is 16.9. The molecule has 0 saturated carbocycles. The third-order valence-corrected chi connectivity index (χ3v) is 6.36. The Balaban J connectivity index is 1.44. The number of nitrogens with zero attached hydrogens (tertiary/aromatic N) is 2. The van der Waals surface area contributed by atoms with E-state index in [9.17, 15) is 10.4 Å². The predicted octanol–water partition coefficient (Wildman–Crippen LogP) is 3.73. The third-order valence-electron chi connectivity index (χ3n) is 6.05. The lowest BCUT2D eigenvalue weighted by Crippen LogP contribution is -2.36. The molecule has 0 amide bonds. The quantitative estimate of drug-likeness (QED) is 0.611. The average Bonchev–Trinajstić information content (AvgIpc) is 3.42. The zero-order valence-electron chi connectivity index (χ0n) is 17.5. The highest BCUT2D eigenvalue weighted by Gasteiger charge is 2.28. The number of rotatable bonds is 5. The van der Waals surface area contributed by atoms with Crippen molar-refractivity contribution in [2.24, 2.45) is 0 Å². The number of morpholine rings is 1. The lowest BCUT2D eigenvalue weighted by atomic mass is 10.0. The molecule has 2 aliphatic rings. The van der Waals surface area contributed by atoms with Crippen LogP contribution in [0.15, 0.2) is 36.4 Å². The van der Waals surface area contributed by atoms with Crippen LogP contribution < -0.4 is 9.64 Å². The molecule has 8 heteroatoms. The molecule has 166 valence electrons. The molecule has 1 unspecified atom stereocenters. The normalized spacial score (nSPS) is 21.1. The SMILES string of the molecule is N#Cc1c(O[C@@H]2COC(CO)C2)[nH]c2cc(Cl)c(-c3ccc(N4CCOCC4)cc3)cc12. The number of fused-ring (bicyclic) bond motifs is 1. The Morgan fingerprint density at radius 1 is 1.22 bits per heavy atom. The summed E-state index contributed by atoms with van der Waals surface area (Å²) in [5.41, 5.74) is 4.18. The number of aliphatic hydroxyl groups excluding tert-OH is 1. The Kier molecular flexibility index (Phi) is 5.94. The zero-order chi connectivity index (χ0) is 22.1. The van der Waals surface area contributed by atoms with E-state index in [1.807, 2.05) is 12.1 Å². The highest BCUT2D eigenvalue weighted by molar-refractivity contribution is 6.34. The second kappa shape index (κ2) is 9.00. The van der Waals surface area contributed by atoms with Gasteiger partial charge < -0.3 is 29.2 Å². The molecule has 3 heterocycles. The van der Waals surface area contributed by atoms with Crippen LogP contribution >= 0.6 is 11.6 Å². The molecule has 2 N–H and O–H groups in total. The van der Waals surface area contributed by atoms with E-state index >= 15 is 0 Å². The van der Waals surface area contributed by atoms with E-state index in [2.05, 4.69) is 40.2 Å². The van der Waals surface area contributed by atoms with Crippen molar-refractivity contribution in [1.82, 2.24) is 4.98 Å². The second-order valence-corrected chi connectivity index (χ2v) is 8.49. The van der Waals surface area contributed by atoms with Gasteiger partial charge in [0.25, 0.3) is 0 Å². The van der Waals surface area contributed by atoms with Gasteiger partial charge in [0, 0.05) is 36.1 Å². The Morgan fingerprint density at radius 3 is 2.69 bits per heavy atom. The first-order valence-electron chi connectivity index (χ1n) is 10.7. The van der Waals surface area contributed by atoms with Gasteiger partial charge in [-0.15, -0.1) is 0 Å². The van der Waals surface area contributed by atoms with Crippen molar-refractivity contribution in [2.45, 2.75) is 18.6 Å². The summed E-state index contributed by atoms with van der Waals surface area (Å²) in [4.78, 5) is 5.48. The number of aliphatic hydroxyl groups is 1. The topological polar surface area (TPSA) is 90.7 Å². The molecule has 2 aromatic carbocycles. The Bertz CT molecular complexity index is 1150. The first-order valence-corrected chi connectivity index (χ1v) is 11.1. The molecule has 0 spiro atoms. The fourth-order valence-electron chi connectivity index (χ4n) is 4.33. The maximum Gasteiger partial charge on any atom is 0.210 e. The summed E-state index contributed by atoms with van der Waals surface area (Å²) >= 11 is 6.62. The van der Waals surface area contributed by atoms with E-state index in [0.717, 1.165) is 54.0 Å². The third kappa shape index (κ3) is 4.03. The number of ether oxygens (including phenoxy) is 3. The van der Waals surface area contributed by atoms with Crippen molar-refractivity contribution < 1.29 is 19.3 Å². The fraction of sp³-hybridized carbons (Fsp3) is 0.375. The van der Waals surface area contributed by atoms with E-state index in [-0.39, 0.29) is 18.8 Å². The molecule has 0 aliphatic carbocycles. The lowest BCUT2D eigenvalue weighted by molar-refractivity contribution is 0.0531. The predicted molar refractivity (Wildman–Crippen MR) is 122 cm³/mol. The van der Waals surface area contributed by atoms with Crippen LogP contribution in [0.25, 0.3) is 22.0 Å². The van der Waals surface area contributed by atoms with Crippen molar-refractivity contribution >= 4 is 28.2 Å². The fourth-order valence-corrected chi connectivity index (χ4v) is 4.61. The van der Waals surface area contributed by atoms with E-state index in [4.69, 9.17) is 25.8 Å². The van der Waals surface area contributed by atoms with Gasteiger partial charge in [-0.1, -0.05) is 23.7 Å². The number of hydrogen-bond donors (Lipinski definition) is 2. The molecule has 5 rings (SSSR count). The molecule has 3 aromatic rings. The largest absolute Gasteiger partial charge is 0.472 e. The summed E-state index contributed by atoms with van der Waals surface area (Å²) in [7, 11) is 0. The number of H-pyrrole nitrogens is 1. The van der Waals surface area contributed by atoms with Gasteiger partial charge in [0.2, 0.25) is 5.88 Å². The number of anilines is 1. The van der Waals surface area contributed by atoms with Gasteiger partial charge in [0.05, 0.1) is 43.1 Å². The molecule has 0 bridgehead atoms. The van der Waals surface area contributed by atoms with Crippen molar-refractivity contribution in [2.75, 3.05) is 44.4 Å². The number of hydrogen-bond acceptors (Lipinski definition) is 6. The molecular weight excluding hydrogens is 430 g/mol. The molecule has 32 heavy (non-hydrogen) atoms. The minimum atomic E-state index is -0.226. The molecule has 2 aliphatic heterocycles. The van der Waals surface area contributed by atoms with Gasteiger partial charge in [-0.25, -0.2) is 0 Å². The molecule has 2 fully saturated rings. The minimum Gasteiger partial charge on any atom is -0.472 e. The number of benzene rings is 2. The number of nitriles is 1. The minimum absolute atomic E-state index is 0.0407. The molecule has 2 saturated heterocycles. The van der Waals surface area contributed by atoms with Gasteiger partial charge in [-0.2, -0.15) is 5.26 Å². The molecule has 2 atom stereocenters.